The van der Waals surface area contributed by atoms with Crippen LogP contribution in [0.1, 0.15) is 19.8 Å². The van der Waals surface area contributed by atoms with E-state index in [4.69, 9.17) is 14.9 Å². The molecule has 0 radical (unpaired) electrons. The lowest BCUT2D eigenvalue weighted by molar-refractivity contribution is -0.0634. The summed E-state index contributed by atoms with van der Waals surface area (Å²) in [5.74, 6) is 0. The van der Waals surface area contributed by atoms with E-state index in [1.54, 1.807) is 0 Å². The molecule has 0 spiro atoms. The molecular weight excluding hydrogens is 132 g/mol. The first-order valence-electron chi connectivity index (χ1n) is 3.55. The van der Waals surface area contributed by atoms with Crippen molar-refractivity contribution in [3.63, 3.8) is 0 Å². The third-order valence-corrected chi connectivity index (χ3v) is 1.57. The van der Waals surface area contributed by atoms with Gasteiger partial charge in [-0.25, -0.2) is 0 Å². The van der Waals surface area contributed by atoms with Crippen LogP contribution in [0.15, 0.2) is 0 Å². The van der Waals surface area contributed by atoms with Crippen molar-refractivity contribution >= 4 is 0 Å². The van der Waals surface area contributed by atoms with E-state index in [1.807, 2.05) is 6.92 Å². The van der Waals surface area contributed by atoms with Gasteiger partial charge in [-0.1, -0.05) is 0 Å². The van der Waals surface area contributed by atoms with Crippen molar-refractivity contribution in [2.24, 2.45) is 0 Å². The smallest absolute Gasteiger partial charge is 0.0805 e. The molecule has 3 heteroatoms. The number of aliphatic hydroxyl groups excluding tert-OH is 2. The molecule has 0 aromatic rings. The molecule has 0 aromatic heterocycles. The van der Waals surface area contributed by atoms with E-state index in [2.05, 4.69) is 0 Å². The molecule has 1 fully saturated rings. The maximum Gasteiger partial charge on any atom is 0.0805 e. The molecule has 0 bridgehead atoms. The molecule has 3 nitrogen and oxygen atoms in total. The summed E-state index contributed by atoms with van der Waals surface area (Å²) in [5, 5.41) is 16.1. The average Bonchev–Trinajstić information content (AvgIpc) is 2.00. The average molecular weight is 148 g/mol. The molecule has 1 unspecified atom stereocenters. The highest BCUT2D eigenvalue weighted by Crippen LogP contribution is 2.11. The summed E-state index contributed by atoms with van der Waals surface area (Å²) in [6.45, 7) is 2.72. The van der Waals surface area contributed by atoms with Gasteiger partial charge in [0, 0.05) is 13.7 Å². The van der Waals surface area contributed by atoms with E-state index in [-0.39, 0.29) is 12.2 Å². The molecule has 1 rings (SSSR count). The summed E-state index contributed by atoms with van der Waals surface area (Å²) in [7, 11) is 1.00. The first kappa shape index (κ1) is 9.88. The molecule has 2 N–H and O–H groups in total. The summed E-state index contributed by atoms with van der Waals surface area (Å²) in [6, 6.07) is 0. The molecule has 0 amide bonds. The Balaban J connectivity index is 0.000000371. The first-order chi connectivity index (χ1) is 4.80. The molecule has 1 aliphatic rings. The third-order valence-electron chi connectivity index (χ3n) is 1.57. The molecule has 1 aliphatic heterocycles. The van der Waals surface area contributed by atoms with Crippen molar-refractivity contribution in [1.29, 1.82) is 0 Å². The second kappa shape index (κ2) is 5.65. The highest BCUT2D eigenvalue weighted by molar-refractivity contribution is 4.67. The van der Waals surface area contributed by atoms with Gasteiger partial charge < -0.3 is 14.9 Å². The van der Waals surface area contributed by atoms with Crippen molar-refractivity contribution in [2.45, 2.75) is 32.0 Å². The molecule has 1 saturated heterocycles. The zero-order chi connectivity index (χ0) is 7.98. The highest BCUT2D eigenvalue weighted by Gasteiger charge is 2.18. The lowest BCUT2D eigenvalue weighted by Gasteiger charge is -2.24. The van der Waals surface area contributed by atoms with Gasteiger partial charge in [0.1, 0.15) is 0 Å². The summed E-state index contributed by atoms with van der Waals surface area (Å²) in [6.07, 6.45) is 1.75. The van der Waals surface area contributed by atoms with Crippen LogP contribution in [0.5, 0.6) is 0 Å². The lowest BCUT2D eigenvalue weighted by Crippen LogP contribution is -2.30. The minimum Gasteiger partial charge on any atom is -0.400 e. The van der Waals surface area contributed by atoms with Gasteiger partial charge in [-0.2, -0.15) is 0 Å². The molecule has 10 heavy (non-hydrogen) atoms. The van der Waals surface area contributed by atoms with Crippen LogP contribution in [-0.4, -0.2) is 36.1 Å². The summed E-state index contributed by atoms with van der Waals surface area (Å²) in [4.78, 5) is 0. The zero-order valence-corrected chi connectivity index (χ0v) is 6.58. The van der Waals surface area contributed by atoms with E-state index in [9.17, 15) is 0 Å². The summed E-state index contributed by atoms with van der Waals surface area (Å²) in [5.41, 5.74) is 0. The predicted molar refractivity (Wildman–Crippen MR) is 38.8 cm³/mol. The van der Waals surface area contributed by atoms with Gasteiger partial charge in [0.2, 0.25) is 0 Å². The number of hydrogen-bond donors (Lipinski definition) is 2. The Morgan fingerprint density at radius 1 is 1.40 bits per heavy atom. The van der Waals surface area contributed by atoms with Crippen LogP contribution < -0.4 is 0 Å². The third kappa shape index (κ3) is 3.15. The molecule has 2 atom stereocenters. The maximum absolute atomic E-state index is 9.05. The summed E-state index contributed by atoms with van der Waals surface area (Å²) < 4.78 is 5.14. The Morgan fingerprint density at radius 2 is 2.00 bits per heavy atom. The van der Waals surface area contributed by atoms with Crippen LogP contribution in [0.4, 0.5) is 0 Å². The zero-order valence-electron chi connectivity index (χ0n) is 6.58. The largest absolute Gasteiger partial charge is 0.400 e. The van der Waals surface area contributed by atoms with Gasteiger partial charge in [0.15, 0.2) is 0 Å². The van der Waals surface area contributed by atoms with E-state index < -0.39 is 0 Å². The normalized spacial score (nSPS) is 32.4. The lowest BCUT2D eigenvalue weighted by atomic mass is 10.1. The van der Waals surface area contributed by atoms with Gasteiger partial charge in [-0.05, 0) is 19.8 Å². The second-order valence-electron chi connectivity index (χ2n) is 2.29. The standard InChI is InChI=1S/C6H12O2.CH4O/c1-5-6(7)3-2-4-8-5;1-2/h5-7H,2-4H2,1H3;2H,1H3/t5-,6?;/m1./s1. The van der Waals surface area contributed by atoms with Crippen molar-refractivity contribution < 1.29 is 14.9 Å². The molecule has 62 valence electrons. The SMILES string of the molecule is CO.C[C@H]1OCCCC1O. The van der Waals surface area contributed by atoms with Gasteiger partial charge >= 0.3 is 0 Å². The number of aliphatic hydroxyl groups is 2. The van der Waals surface area contributed by atoms with Crippen LogP contribution >= 0.6 is 0 Å². The summed E-state index contributed by atoms with van der Waals surface area (Å²) >= 11 is 0. The quantitative estimate of drug-likeness (QED) is 0.514. The van der Waals surface area contributed by atoms with E-state index in [1.165, 1.54) is 0 Å². The predicted octanol–water partition coefficient (Wildman–Crippen LogP) is 0.155. The topological polar surface area (TPSA) is 49.7 Å². The van der Waals surface area contributed by atoms with Gasteiger partial charge in [0.25, 0.3) is 0 Å². The number of ether oxygens (including phenoxy) is 1. The van der Waals surface area contributed by atoms with Gasteiger partial charge in [-0.15, -0.1) is 0 Å². The number of hydrogen-bond acceptors (Lipinski definition) is 3. The van der Waals surface area contributed by atoms with E-state index in [0.29, 0.717) is 0 Å². The Hall–Kier alpha value is -0.120. The Labute approximate surface area is 61.6 Å². The van der Waals surface area contributed by atoms with Crippen LogP contribution in [0.3, 0.4) is 0 Å². The fourth-order valence-corrected chi connectivity index (χ4v) is 0.907. The second-order valence-corrected chi connectivity index (χ2v) is 2.29. The Kier molecular flexibility index (Phi) is 5.58. The van der Waals surface area contributed by atoms with Gasteiger partial charge in [0.05, 0.1) is 12.2 Å². The minimum atomic E-state index is -0.219. The number of rotatable bonds is 0. The fourth-order valence-electron chi connectivity index (χ4n) is 0.907. The fraction of sp³-hybridized carbons (Fsp3) is 1.00. The molecular formula is C7H16O3. The van der Waals surface area contributed by atoms with Crippen LogP contribution in [0, 0.1) is 0 Å². The Morgan fingerprint density at radius 3 is 2.30 bits per heavy atom. The molecule has 0 saturated carbocycles. The molecule has 1 heterocycles. The maximum atomic E-state index is 9.05. The molecule has 0 aromatic carbocycles. The monoisotopic (exact) mass is 148 g/mol. The van der Waals surface area contributed by atoms with Crippen LogP contribution in [0.2, 0.25) is 0 Å². The van der Waals surface area contributed by atoms with Gasteiger partial charge in [-0.3, -0.25) is 0 Å². The van der Waals surface area contributed by atoms with Crippen molar-refractivity contribution in [1.82, 2.24) is 0 Å². The van der Waals surface area contributed by atoms with Crippen LogP contribution in [-0.2, 0) is 4.74 Å². The minimum absolute atomic E-state index is 0.0590. The highest BCUT2D eigenvalue weighted by atomic mass is 16.5. The van der Waals surface area contributed by atoms with Crippen molar-refractivity contribution in [3.8, 4) is 0 Å². The van der Waals surface area contributed by atoms with E-state index >= 15 is 0 Å². The van der Waals surface area contributed by atoms with E-state index in [0.717, 1.165) is 26.6 Å². The Bertz CT molecular complexity index is 65.3. The van der Waals surface area contributed by atoms with Crippen molar-refractivity contribution in [2.75, 3.05) is 13.7 Å². The molecule has 0 aliphatic carbocycles. The van der Waals surface area contributed by atoms with Crippen molar-refractivity contribution in [3.05, 3.63) is 0 Å². The van der Waals surface area contributed by atoms with Crippen LogP contribution in [0.25, 0.3) is 0 Å². The first-order valence-corrected chi connectivity index (χ1v) is 3.55.